The fourth-order valence-electron chi connectivity index (χ4n) is 1.65. The van der Waals surface area contributed by atoms with Crippen molar-refractivity contribution in [3.63, 3.8) is 0 Å². The Morgan fingerprint density at radius 1 is 1.43 bits per heavy atom. The minimum absolute atomic E-state index is 0.0372. The van der Waals surface area contributed by atoms with E-state index in [9.17, 15) is 13.2 Å². The summed E-state index contributed by atoms with van der Waals surface area (Å²) in [6.45, 7) is 1.51. The highest BCUT2D eigenvalue weighted by Crippen LogP contribution is 2.09. The maximum absolute atomic E-state index is 11.9. The fourth-order valence-corrected chi connectivity index (χ4v) is 2.71. The van der Waals surface area contributed by atoms with Crippen LogP contribution in [0.5, 0.6) is 0 Å². The van der Waals surface area contributed by atoms with Gasteiger partial charge in [-0.1, -0.05) is 17.3 Å². The Labute approximate surface area is 120 Å². The SMILES string of the molecule is Cc1noc(CNS(=O)(=O)Cc2cccc(C(=O)O)c2)n1. The van der Waals surface area contributed by atoms with Crippen molar-refractivity contribution in [2.75, 3.05) is 0 Å². The first-order valence-electron chi connectivity index (χ1n) is 5.94. The number of nitrogens with zero attached hydrogens (tertiary/aromatic N) is 2. The average molecular weight is 311 g/mol. The molecular weight excluding hydrogens is 298 g/mol. The highest BCUT2D eigenvalue weighted by molar-refractivity contribution is 7.88. The van der Waals surface area contributed by atoms with Crippen molar-refractivity contribution >= 4 is 16.0 Å². The molecule has 2 N–H and O–H groups in total. The van der Waals surface area contributed by atoms with Gasteiger partial charge >= 0.3 is 5.97 Å². The van der Waals surface area contributed by atoms with Crippen LogP contribution in [0.25, 0.3) is 0 Å². The molecule has 2 rings (SSSR count). The second kappa shape index (κ2) is 6.02. The molecule has 0 radical (unpaired) electrons. The van der Waals surface area contributed by atoms with Crippen molar-refractivity contribution in [1.82, 2.24) is 14.9 Å². The number of carboxylic acid groups (broad SMARTS) is 1. The molecule has 0 atom stereocenters. The zero-order chi connectivity index (χ0) is 15.5. The molecule has 0 aliphatic carbocycles. The van der Waals surface area contributed by atoms with E-state index in [1.54, 1.807) is 13.0 Å². The lowest BCUT2D eigenvalue weighted by molar-refractivity contribution is 0.0696. The summed E-state index contributed by atoms with van der Waals surface area (Å²) in [7, 11) is -3.64. The second-order valence-corrected chi connectivity index (χ2v) is 6.13. The lowest BCUT2D eigenvalue weighted by Crippen LogP contribution is -2.25. The number of nitrogens with one attached hydrogen (secondary N) is 1. The first kappa shape index (κ1) is 15.1. The summed E-state index contributed by atoms with van der Waals surface area (Å²) in [6, 6.07) is 5.75. The molecule has 8 nitrogen and oxygen atoms in total. The molecule has 2 aromatic rings. The van der Waals surface area contributed by atoms with Gasteiger partial charge in [0, 0.05) is 0 Å². The predicted molar refractivity (Wildman–Crippen MR) is 71.9 cm³/mol. The molecule has 21 heavy (non-hydrogen) atoms. The molecule has 1 aromatic heterocycles. The summed E-state index contributed by atoms with van der Waals surface area (Å²) >= 11 is 0. The van der Waals surface area contributed by atoms with Gasteiger partial charge in [-0.3, -0.25) is 0 Å². The van der Waals surface area contributed by atoms with E-state index in [1.165, 1.54) is 18.2 Å². The van der Waals surface area contributed by atoms with Gasteiger partial charge in [-0.05, 0) is 24.6 Å². The number of hydrogen-bond donors (Lipinski definition) is 2. The molecule has 112 valence electrons. The van der Waals surface area contributed by atoms with Crippen LogP contribution < -0.4 is 4.72 Å². The maximum atomic E-state index is 11.9. The van der Waals surface area contributed by atoms with Gasteiger partial charge in [-0.25, -0.2) is 17.9 Å². The molecule has 0 aliphatic rings. The van der Waals surface area contributed by atoms with Crippen molar-refractivity contribution in [1.29, 1.82) is 0 Å². The van der Waals surface area contributed by atoms with Gasteiger partial charge in [-0.2, -0.15) is 4.98 Å². The van der Waals surface area contributed by atoms with Crippen LogP contribution in [-0.2, 0) is 22.3 Å². The molecular formula is C12H13N3O5S. The van der Waals surface area contributed by atoms with Crippen molar-refractivity contribution in [2.45, 2.75) is 19.2 Å². The van der Waals surface area contributed by atoms with Crippen LogP contribution in [0.2, 0.25) is 0 Å². The number of hydrogen-bond acceptors (Lipinski definition) is 6. The van der Waals surface area contributed by atoms with Gasteiger partial charge in [0.1, 0.15) is 0 Å². The third-order valence-electron chi connectivity index (χ3n) is 2.54. The third kappa shape index (κ3) is 4.36. The van der Waals surface area contributed by atoms with E-state index in [0.717, 1.165) is 0 Å². The van der Waals surface area contributed by atoms with Gasteiger partial charge in [0.2, 0.25) is 15.9 Å². The van der Waals surface area contributed by atoms with Gasteiger partial charge in [0.05, 0.1) is 17.9 Å². The summed E-state index contributed by atoms with van der Waals surface area (Å²) in [5.41, 5.74) is 0.416. The van der Waals surface area contributed by atoms with Crippen LogP contribution in [-0.4, -0.2) is 29.6 Å². The number of aromatic nitrogens is 2. The number of carboxylic acids is 1. The number of aryl methyl sites for hydroxylation is 1. The van der Waals surface area contributed by atoms with E-state index >= 15 is 0 Å². The minimum atomic E-state index is -3.64. The number of rotatable bonds is 6. The standard InChI is InChI=1S/C12H13N3O5S/c1-8-14-11(20-15-8)6-13-21(18,19)7-9-3-2-4-10(5-9)12(16)17/h2-5,13H,6-7H2,1H3,(H,16,17). The molecule has 1 heterocycles. The number of aromatic carboxylic acids is 1. The molecule has 0 saturated heterocycles. The van der Waals surface area contributed by atoms with Gasteiger partial charge in [0.15, 0.2) is 5.82 Å². The van der Waals surface area contributed by atoms with E-state index in [0.29, 0.717) is 11.4 Å². The normalized spacial score (nSPS) is 11.5. The Hall–Kier alpha value is -2.26. The molecule has 1 aromatic carbocycles. The second-order valence-electron chi connectivity index (χ2n) is 4.32. The van der Waals surface area contributed by atoms with Gasteiger partial charge in [0.25, 0.3) is 0 Å². The van der Waals surface area contributed by atoms with Crippen molar-refractivity contribution < 1.29 is 22.8 Å². The Balaban J connectivity index is 2.03. The summed E-state index contributed by atoms with van der Waals surface area (Å²) in [4.78, 5) is 14.7. The Morgan fingerprint density at radius 2 is 2.19 bits per heavy atom. The van der Waals surface area contributed by atoms with E-state index in [4.69, 9.17) is 9.63 Å². The van der Waals surface area contributed by atoms with Crippen molar-refractivity contribution in [3.05, 3.63) is 47.1 Å². The Morgan fingerprint density at radius 3 is 2.81 bits per heavy atom. The summed E-state index contributed by atoms with van der Waals surface area (Å²) < 4.78 is 30.9. The van der Waals surface area contributed by atoms with Crippen LogP contribution in [0.3, 0.4) is 0 Å². The van der Waals surface area contributed by atoms with Crippen LogP contribution in [0.1, 0.15) is 27.6 Å². The molecule has 0 fully saturated rings. The first-order chi connectivity index (χ1) is 9.85. The summed E-state index contributed by atoms with van der Waals surface area (Å²) in [6.07, 6.45) is 0. The molecule has 0 bridgehead atoms. The van der Waals surface area contributed by atoms with Crippen molar-refractivity contribution in [3.8, 4) is 0 Å². The Bertz CT molecular complexity index is 754. The molecule has 0 amide bonds. The number of carbonyl (C=O) groups is 1. The average Bonchev–Trinajstić information content (AvgIpc) is 2.82. The highest BCUT2D eigenvalue weighted by atomic mass is 32.2. The number of sulfonamides is 1. The smallest absolute Gasteiger partial charge is 0.335 e. The topological polar surface area (TPSA) is 122 Å². The minimum Gasteiger partial charge on any atom is -0.478 e. The lowest BCUT2D eigenvalue weighted by Gasteiger charge is -2.05. The van der Waals surface area contributed by atoms with Crippen LogP contribution in [0.15, 0.2) is 28.8 Å². The predicted octanol–water partition coefficient (Wildman–Crippen LogP) is 0.696. The molecule has 0 aliphatic heterocycles. The zero-order valence-corrected chi connectivity index (χ0v) is 11.9. The first-order valence-corrected chi connectivity index (χ1v) is 7.60. The monoisotopic (exact) mass is 311 g/mol. The quantitative estimate of drug-likeness (QED) is 0.804. The van der Waals surface area contributed by atoms with Gasteiger partial charge < -0.3 is 9.63 Å². The third-order valence-corrected chi connectivity index (χ3v) is 3.84. The van der Waals surface area contributed by atoms with Crippen LogP contribution in [0.4, 0.5) is 0 Å². The number of benzene rings is 1. The zero-order valence-electron chi connectivity index (χ0n) is 11.1. The van der Waals surface area contributed by atoms with Crippen molar-refractivity contribution in [2.24, 2.45) is 0 Å². The molecule has 0 saturated carbocycles. The highest BCUT2D eigenvalue weighted by Gasteiger charge is 2.14. The van der Waals surface area contributed by atoms with Crippen LogP contribution in [0, 0.1) is 6.92 Å². The van der Waals surface area contributed by atoms with E-state index in [-0.39, 0.29) is 23.8 Å². The van der Waals surface area contributed by atoms with E-state index in [2.05, 4.69) is 14.9 Å². The molecule has 0 spiro atoms. The van der Waals surface area contributed by atoms with Crippen LogP contribution >= 0.6 is 0 Å². The summed E-state index contributed by atoms with van der Waals surface area (Å²) in [5.74, 6) is -0.862. The van der Waals surface area contributed by atoms with Gasteiger partial charge in [-0.15, -0.1) is 0 Å². The summed E-state index contributed by atoms with van der Waals surface area (Å²) in [5, 5.41) is 12.4. The fraction of sp³-hybridized carbons (Fsp3) is 0.250. The maximum Gasteiger partial charge on any atom is 0.335 e. The molecule has 9 heteroatoms. The largest absolute Gasteiger partial charge is 0.478 e. The molecule has 0 unspecified atom stereocenters. The Kier molecular flexibility index (Phi) is 4.34. The van der Waals surface area contributed by atoms with E-state index < -0.39 is 16.0 Å². The lowest BCUT2D eigenvalue weighted by atomic mass is 10.1. The van der Waals surface area contributed by atoms with E-state index in [1.807, 2.05) is 0 Å².